The van der Waals surface area contributed by atoms with Crippen molar-refractivity contribution in [2.45, 2.75) is 33.7 Å². The Morgan fingerprint density at radius 2 is 2.11 bits per heavy atom. The molecule has 0 aromatic carbocycles. The minimum Gasteiger partial charge on any atom is -0.338 e. The van der Waals surface area contributed by atoms with Crippen molar-refractivity contribution in [1.29, 1.82) is 5.26 Å². The van der Waals surface area contributed by atoms with Gasteiger partial charge in [-0.2, -0.15) is 10.4 Å². The van der Waals surface area contributed by atoms with E-state index in [-0.39, 0.29) is 36.0 Å². The highest BCUT2D eigenvalue weighted by Gasteiger charge is 2.24. The first-order valence-electron chi connectivity index (χ1n) is 8.61. The summed E-state index contributed by atoms with van der Waals surface area (Å²) < 4.78 is 1.30. The normalized spacial score (nSPS) is 10.4. The number of nitrogens with one attached hydrogen (secondary N) is 1. The zero-order chi connectivity index (χ0) is 20.8. The minimum atomic E-state index is -0.564. The Balaban J connectivity index is 2.11. The number of anilines is 1. The van der Waals surface area contributed by atoms with E-state index in [0.717, 1.165) is 17.5 Å². The molecule has 11 heteroatoms. The van der Waals surface area contributed by atoms with Gasteiger partial charge in [-0.15, -0.1) is 11.3 Å². The Morgan fingerprint density at radius 1 is 1.43 bits per heavy atom. The summed E-state index contributed by atoms with van der Waals surface area (Å²) in [5.41, 5.74) is 0.659. The van der Waals surface area contributed by atoms with Crippen LogP contribution >= 0.6 is 11.3 Å². The lowest BCUT2D eigenvalue weighted by atomic mass is 10.1. The van der Waals surface area contributed by atoms with Gasteiger partial charge in [-0.05, 0) is 26.3 Å². The van der Waals surface area contributed by atoms with Crippen LogP contribution in [-0.4, -0.2) is 44.5 Å². The van der Waals surface area contributed by atoms with Gasteiger partial charge in [-0.25, -0.2) is 0 Å². The number of carbonyl (C=O) groups is 2. The third-order valence-corrected chi connectivity index (χ3v) is 5.35. The fourth-order valence-electron chi connectivity index (χ4n) is 2.57. The molecule has 0 aliphatic rings. The monoisotopic (exact) mass is 404 g/mol. The molecule has 2 aromatic rings. The van der Waals surface area contributed by atoms with E-state index < -0.39 is 4.92 Å². The Hall–Kier alpha value is -3.26. The van der Waals surface area contributed by atoms with Crippen LogP contribution in [0.2, 0.25) is 0 Å². The fourth-order valence-corrected chi connectivity index (χ4v) is 3.71. The second-order valence-electron chi connectivity index (χ2n) is 5.87. The molecule has 10 nitrogen and oxygen atoms in total. The number of hydrogen-bond donors (Lipinski definition) is 1. The largest absolute Gasteiger partial charge is 0.338 e. The maximum Gasteiger partial charge on any atom is 0.306 e. The van der Waals surface area contributed by atoms with Crippen molar-refractivity contribution in [2.75, 3.05) is 18.4 Å². The highest BCUT2D eigenvalue weighted by molar-refractivity contribution is 7.18. The van der Waals surface area contributed by atoms with Crippen LogP contribution in [0.4, 0.5) is 10.7 Å². The van der Waals surface area contributed by atoms with Crippen LogP contribution in [0.3, 0.4) is 0 Å². The van der Waals surface area contributed by atoms with Crippen LogP contribution < -0.4 is 5.32 Å². The molecule has 1 N–H and O–H groups in total. The molecular formula is C17H20N6O4S. The number of rotatable bonds is 8. The summed E-state index contributed by atoms with van der Waals surface area (Å²) in [6.45, 7) is 6.68. The molecule has 0 aliphatic heterocycles. The van der Waals surface area contributed by atoms with Crippen LogP contribution in [0.5, 0.6) is 0 Å². The maximum absolute atomic E-state index is 12.6. The maximum atomic E-state index is 12.6. The summed E-state index contributed by atoms with van der Waals surface area (Å²) in [6.07, 6.45) is 2.36. The molecule has 0 fully saturated rings. The average Bonchev–Trinajstić information content (AvgIpc) is 3.25. The lowest BCUT2D eigenvalue weighted by molar-refractivity contribution is -0.385. The molecule has 2 heterocycles. The molecule has 0 saturated carbocycles. The Kier molecular flexibility index (Phi) is 6.84. The first-order chi connectivity index (χ1) is 13.3. The van der Waals surface area contributed by atoms with E-state index in [4.69, 9.17) is 0 Å². The van der Waals surface area contributed by atoms with Gasteiger partial charge in [0.15, 0.2) is 0 Å². The summed E-state index contributed by atoms with van der Waals surface area (Å²) in [7, 11) is 0. The fraction of sp³-hybridized carbons (Fsp3) is 0.412. The summed E-state index contributed by atoms with van der Waals surface area (Å²) in [4.78, 5) is 37.0. The van der Waals surface area contributed by atoms with E-state index in [1.807, 2.05) is 19.9 Å². The Labute approximate surface area is 165 Å². The molecular weight excluding hydrogens is 384 g/mol. The topological polar surface area (TPSA) is 134 Å². The summed E-state index contributed by atoms with van der Waals surface area (Å²) in [6, 6.07) is 2.04. The minimum absolute atomic E-state index is 0.0139. The first-order valence-corrected chi connectivity index (χ1v) is 9.43. The van der Waals surface area contributed by atoms with Gasteiger partial charge < -0.3 is 10.2 Å². The van der Waals surface area contributed by atoms with Crippen LogP contribution in [0, 0.1) is 28.4 Å². The smallest absolute Gasteiger partial charge is 0.306 e. The second kappa shape index (κ2) is 9.09. The number of carbonyl (C=O) groups excluding carboxylic acids is 2. The number of amides is 2. The van der Waals surface area contributed by atoms with Crippen molar-refractivity contribution in [2.24, 2.45) is 0 Å². The van der Waals surface area contributed by atoms with Crippen LogP contribution in [0.1, 0.15) is 41.1 Å². The number of nitro groups is 1. The number of aromatic nitrogens is 2. The van der Waals surface area contributed by atoms with Crippen molar-refractivity contribution in [1.82, 2.24) is 14.7 Å². The van der Waals surface area contributed by atoms with Crippen molar-refractivity contribution in [3.63, 3.8) is 0 Å². The van der Waals surface area contributed by atoms with E-state index in [9.17, 15) is 25.0 Å². The Bertz CT molecular complexity index is 938. The highest BCUT2D eigenvalue weighted by atomic mass is 32.1. The lowest BCUT2D eigenvalue weighted by Gasteiger charge is -2.17. The van der Waals surface area contributed by atoms with E-state index in [0.29, 0.717) is 28.5 Å². The molecule has 148 valence electrons. The van der Waals surface area contributed by atoms with Gasteiger partial charge in [-0.1, -0.05) is 0 Å². The van der Waals surface area contributed by atoms with Gasteiger partial charge in [0.2, 0.25) is 5.91 Å². The van der Waals surface area contributed by atoms with Crippen LogP contribution in [-0.2, 0) is 11.3 Å². The predicted molar refractivity (Wildman–Crippen MR) is 103 cm³/mol. The molecule has 0 atom stereocenters. The molecule has 2 aromatic heterocycles. The average molecular weight is 404 g/mol. The third-order valence-electron chi connectivity index (χ3n) is 4.15. The molecule has 0 bridgehead atoms. The highest BCUT2D eigenvalue weighted by Crippen LogP contribution is 2.33. The van der Waals surface area contributed by atoms with Gasteiger partial charge >= 0.3 is 5.69 Å². The van der Waals surface area contributed by atoms with E-state index in [2.05, 4.69) is 10.4 Å². The molecule has 2 amide bonds. The molecule has 0 spiro atoms. The third kappa shape index (κ3) is 4.52. The number of aryl methyl sites for hydroxylation is 1. The standard InChI is InChI=1S/C17H20N6O4S/c1-4-21(5-2)17(25)15-11(3)13(8-18)16(28-15)20-14(24)6-7-22-10-12(9-19-22)23(26)27/h9-10H,4-7H2,1-3H3,(H,20,24). The molecule has 0 aliphatic carbocycles. The quantitative estimate of drug-likeness (QED) is 0.531. The van der Waals surface area contributed by atoms with Gasteiger partial charge in [0, 0.05) is 26.1 Å². The van der Waals surface area contributed by atoms with Crippen LogP contribution in [0.25, 0.3) is 0 Å². The van der Waals surface area contributed by atoms with Crippen LogP contribution in [0.15, 0.2) is 12.4 Å². The van der Waals surface area contributed by atoms with Crippen molar-refractivity contribution >= 4 is 33.8 Å². The Morgan fingerprint density at radius 3 is 2.64 bits per heavy atom. The summed E-state index contributed by atoms with van der Waals surface area (Å²) in [5.74, 6) is -0.550. The SMILES string of the molecule is CCN(CC)C(=O)c1sc(NC(=O)CCn2cc([N+](=O)[O-])cn2)c(C#N)c1C. The number of nitriles is 1. The molecule has 28 heavy (non-hydrogen) atoms. The van der Waals surface area contributed by atoms with Crippen molar-refractivity contribution in [3.05, 3.63) is 38.5 Å². The zero-order valence-electron chi connectivity index (χ0n) is 15.8. The summed E-state index contributed by atoms with van der Waals surface area (Å²) >= 11 is 1.08. The first kappa shape index (κ1) is 21.0. The second-order valence-corrected chi connectivity index (χ2v) is 6.89. The lowest BCUT2D eigenvalue weighted by Crippen LogP contribution is -2.30. The zero-order valence-corrected chi connectivity index (χ0v) is 16.6. The van der Waals surface area contributed by atoms with Gasteiger partial charge in [0.1, 0.15) is 23.5 Å². The number of hydrogen-bond acceptors (Lipinski definition) is 7. The van der Waals surface area contributed by atoms with Gasteiger partial charge in [-0.3, -0.25) is 24.4 Å². The number of nitrogens with zero attached hydrogens (tertiary/aromatic N) is 5. The van der Waals surface area contributed by atoms with Gasteiger partial charge in [0.05, 0.1) is 15.4 Å². The summed E-state index contributed by atoms with van der Waals surface area (Å²) in [5, 5.41) is 26.9. The molecule has 0 unspecified atom stereocenters. The van der Waals surface area contributed by atoms with E-state index in [1.54, 1.807) is 11.8 Å². The molecule has 2 rings (SSSR count). The van der Waals surface area contributed by atoms with Gasteiger partial charge in [0.25, 0.3) is 5.91 Å². The molecule has 0 saturated heterocycles. The predicted octanol–water partition coefficient (Wildman–Crippen LogP) is 2.54. The van der Waals surface area contributed by atoms with Crippen molar-refractivity contribution in [3.8, 4) is 6.07 Å². The van der Waals surface area contributed by atoms with E-state index >= 15 is 0 Å². The molecule has 0 radical (unpaired) electrons. The van der Waals surface area contributed by atoms with Crippen molar-refractivity contribution < 1.29 is 14.5 Å². The van der Waals surface area contributed by atoms with E-state index in [1.165, 1.54) is 10.9 Å². The number of thiophene rings is 1.